The van der Waals surface area contributed by atoms with Crippen molar-refractivity contribution in [3.05, 3.63) is 47.2 Å². The minimum atomic E-state index is -2.65. The summed E-state index contributed by atoms with van der Waals surface area (Å²) < 4.78 is 17.1. The number of hydrogen-bond acceptors (Lipinski definition) is 3. The molecule has 2 aliphatic carbocycles. The third-order valence-corrected chi connectivity index (χ3v) is 5.75. The first kappa shape index (κ1) is 12.5. The monoisotopic (exact) mass is 250 g/mol. The SMILES string of the molecule is CO[Si](OC)(OCC1=CC=CC1)C1=CC=CC1. The van der Waals surface area contributed by atoms with Crippen molar-refractivity contribution in [3.63, 3.8) is 0 Å². The van der Waals surface area contributed by atoms with Gasteiger partial charge in [-0.1, -0.05) is 36.5 Å². The van der Waals surface area contributed by atoms with Crippen molar-refractivity contribution in [2.45, 2.75) is 12.8 Å². The molecule has 0 atom stereocenters. The maximum Gasteiger partial charge on any atom is 0.533 e. The molecule has 0 aromatic carbocycles. The van der Waals surface area contributed by atoms with Crippen LogP contribution < -0.4 is 0 Å². The summed E-state index contributed by atoms with van der Waals surface area (Å²) in [6.45, 7) is 0.582. The molecule has 0 saturated heterocycles. The smallest absolute Gasteiger partial charge is 0.374 e. The fourth-order valence-corrected chi connectivity index (χ4v) is 4.17. The number of rotatable bonds is 6. The summed E-state index contributed by atoms with van der Waals surface area (Å²) in [7, 11) is 0.678. The molecular weight excluding hydrogens is 232 g/mol. The Hall–Kier alpha value is -0.943. The molecule has 0 aromatic rings. The predicted octanol–water partition coefficient (Wildman–Crippen LogP) is 2.55. The molecule has 2 aliphatic rings. The minimum absolute atomic E-state index is 0.582. The van der Waals surface area contributed by atoms with Crippen molar-refractivity contribution >= 4 is 8.80 Å². The van der Waals surface area contributed by atoms with Gasteiger partial charge in [0.15, 0.2) is 0 Å². The molecule has 0 aromatic heterocycles. The van der Waals surface area contributed by atoms with Crippen LogP contribution in [0.2, 0.25) is 0 Å². The zero-order valence-corrected chi connectivity index (χ0v) is 11.3. The maximum atomic E-state index is 5.97. The van der Waals surface area contributed by atoms with E-state index in [0.717, 1.165) is 18.0 Å². The zero-order chi connectivity index (χ0) is 12.1. The van der Waals surface area contributed by atoms with Gasteiger partial charge in [-0.2, -0.15) is 0 Å². The van der Waals surface area contributed by atoms with Crippen LogP contribution in [0.3, 0.4) is 0 Å². The van der Waals surface area contributed by atoms with Crippen molar-refractivity contribution in [3.8, 4) is 0 Å². The molecule has 0 heterocycles. The molecule has 4 heteroatoms. The fourth-order valence-electron chi connectivity index (χ4n) is 2.02. The summed E-state index contributed by atoms with van der Waals surface area (Å²) in [6, 6.07) is 0. The second-order valence-electron chi connectivity index (χ2n) is 4.03. The fraction of sp³-hybridized carbons (Fsp3) is 0.385. The lowest BCUT2D eigenvalue weighted by Gasteiger charge is -2.27. The van der Waals surface area contributed by atoms with Crippen LogP contribution in [0.1, 0.15) is 12.8 Å². The Balaban J connectivity index is 2.00. The average Bonchev–Trinajstić information content (AvgIpc) is 3.04. The van der Waals surface area contributed by atoms with E-state index >= 15 is 0 Å². The highest BCUT2D eigenvalue weighted by Crippen LogP contribution is 2.26. The predicted molar refractivity (Wildman–Crippen MR) is 69.4 cm³/mol. The Morgan fingerprint density at radius 2 is 1.76 bits per heavy atom. The van der Waals surface area contributed by atoms with Crippen LogP contribution in [0.15, 0.2) is 47.2 Å². The van der Waals surface area contributed by atoms with E-state index in [-0.39, 0.29) is 0 Å². The topological polar surface area (TPSA) is 27.7 Å². The normalized spacial score (nSPS) is 18.7. The van der Waals surface area contributed by atoms with Crippen LogP contribution in [-0.4, -0.2) is 29.6 Å². The summed E-state index contributed by atoms with van der Waals surface area (Å²) in [5, 5.41) is 1.13. The van der Waals surface area contributed by atoms with Gasteiger partial charge in [0.2, 0.25) is 0 Å². The summed E-state index contributed by atoms with van der Waals surface area (Å²) in [4.78, 5) is 0. The van der Waals surface area contributed by atoms with E-state index in [0.29, 0.717) is 6.61 Å². The summed E-state index contributed by atoms with van der Waals surface area (Å²) in [5.41, 5.74) is 1.27. The van der Waals surface area contributed by atoms with Gasteiger partial charge in [0.1, 0.15) is 0 Å². The van der Waals surface area contributed by atoms with Gasteiger partial charge in [-0.25, -0.2) is 0 Å². The lowest BCUT2D eigenvalue weighted by atomic mass is 10.3. The van der Waals surface area contributed by atoms with Gasteiger partial charge in [0.25, 0.3) is 0 Å². The molecule has 0 bridgehead atoms. The van der Waals surface area contributed by atoms with Crippen LogP contribution in [0.4, 0.5) is 0 Å². The van der Waals surface area contributed by atoms with E-state index in [1.54, 1.807) is 14.2 Å². The molecule has 0 amide bonds. The summed E-state index contributed by atoms with van der Waals surface area (Å²) in [6.07, 6.45) is 14.3. The van der Waals surface area contributed by atoms with Gasteiger partial charge in [0, 0.05) is 19.4 Å². The quantitative estimate of drug-likeness (QED) is 0.678. The highest BCUT2D eigenvalue weighted by Gasteiger charge is 2.44. The highest BCUT2D eigenvalue weighted by atomic mass is 28.4. The molecule has 0 spiro atoms. The molecule has 0 saturated carbocycles. The molecule has 0 aliphatic heterocycles. The van der Waals surface area contributed by atoms with Gasteiger partial charge in [-0.15, -0.1) is 0 Å². The van der Waals surface area contributed by atoms with Crippen LogP contribution in [0, 0.1) is 0 Å². The molecule has 0 unspecified atom stereocenters. The third kappa shape index (κ3) is 2.66. The van der Waals surface area contributed by atoms with Gasteiger partial charge in [0.05, 0.1) is 6.61 Å². The van der Waals surface area contributed by atoms with Gasteiger partial charge >= 0.3 is 8.80 Å². The molecule has 3 nitrogen and oxygen atoms in total. The Labute approximate surface area is 103 Å². The molecule has 0 radical (unpaired) electrons. The highest BCUT2D eigenvalue weighted by molar-refractivity contribution is 6.69. The van der Waals surface area contributed by atoms with Crippen molar-refractivity contribution in [1.29, 1.82) is 0 Å². The maximum absolute atomic E-state index is 5.97. The van der Waals surface area contributed by atoms with Crippen LogP contribution in [0.5, 0.6) is 0 Å². The van der Waals surface area contributed by atoms with Crippen molar-refractivity contribution in [1.82, 2.24) is 0 Å². The van der Waals surface area contributed by atoms with E-state index in [2.05, 4.69) is 24.3 Å². The number of allylic oxidation sites excluding steroid dienone is 7. The molecule has 2 rings (SSSR count). The van der Waals surface area contributed by atoms with Crippen molar-refractivity contribution in [2.24, 2.45) is 0 Å². The standard InChI is InChI=1S/C13H18O3Si/c1-14-17(15-2,13-9-5-6-10-13)16-11-12-7-3-4-8-12/h3-7,9H,8,10-11H2,1-2H3. The summed E-state index contributed by atoms with van der Waals surface area (Å²) in [5.74, 6) is 0. The van der Waals surface area contributed by atoms with E-state index in [1.807, 2.05) is 12.2 Å². The first-order valence-electron chi connectivity index (χ1n) is 5.76. The summed E-state index contributed by atoms with van der Waals surface area (Å²) >= 11 is 0. The van der Waals surface area contributed by atoms with Gasteiger partial charge < -0.3 is 13.3 Å². The van der Waals surface area contributed by atoms with Gasteiger partial charge in [-0.05, 0) is 18.4 Å². The van der Waals surface area contributed by atoms with E-state index in [4.69, 9.17) is 13.3 Å². The van der Waals surface area contributed by atoms with Crippen molar-refractivity contribution in [2.75, 3.05) is 20.8 Å². The minimum Gasteiger partial charge on any atom is -0.374 e. The molecule has 0 N–H and O–H groups in total. The van der Waals surface area contributed by atoms with Crippen LogP contribution in [0.25, 0.3) is 0 Å². The first-order chi connectivity index (χ1) is 8.30. The van der Waals surface area contributed by atoms with Crippen LogP contribution in [-0.2, 0) is 13.3 Å². The second-order valence-corrected chi connectivity index (χ2v) is 6.89. The second kappa shape index (κ2) is 5.60. The van der Waals surface area contributed by atoms with E-state index in [9.17, 15) is 0 Å². The Bertz CT molecular complexity index is 389. The lowest BCUT2D eigenvalue weighted by Crippen LogP contribution is -2.46. The molecule has 0 fully saturated rings. The largest absolute Gasteiger partial charge is 0.533 e. The molecular formula is C13H18O3Si. The molecule has 17 heavy (non-hydrogen) atoms. The van der Waals surface area contributed by atoms with E-state index in [1.165, 1.54) is 5.57 Å². The van der Waals surface area contributed by atoms with E-state index < -0.39 is 8.80 Å². The average molecular weight is 250 g/mol. The Morgan fingerprint density at radius 3 is 2.29 bits per heavy atom. The van der Waals surface area contributed by atoms with Crippen LogP contribution >= 0.6 is 0 Å². The third-order valence-electron chi connectivity index (χ3n) is 3.00. The van der Waals surface area contributed by atoms with Gasteiger partial charge in [-0.3, -0.25) is 0 Å². The Morgan fingerprint density at radius 1 is 1.06 bits per heavy atom. The zero-order valence-electron chi connectivity index (χ0n) is 10.3. The number of hydrogen-bond donors (Lipinski definition) is 0. The first-order valence-corrected chi connectivity index (χ1v) is 7.48. The molecule has 92 valence electrons. The lowest BCUT2D eigenvalue weighted by molar-refractivity contribution is 0.117. The van der Waals surface area contributed by atoms with Crippen molar-refractivity contribution < 1.29 is 13.3 Å². The Kier molecular flexibility index (Phi) is 4.12.